The number of hydrogen-bond acceptors (Lipinski definition) is 22. The number of thiazole rings is 3. The quantitative estimate of drug-likeness (QED) is 0.0126. The van der Waals surface area contributed by atoms with Gasteiger partial charge in [-0.05, 0) is 219 Å². The number of nitrogens with zero attached hydrogens (tertiary/aromatic N) is 10. The van der Waals surface area contributed by atoms with E-state index in [1.165, 1.54) is 61.7 Å². The lowest BCUT2D eigenvalue weighted by Gasteiger charge is -2.28. The lowest BCUT2D eigenvalue weighted by molar-refractivity contribution is -0.670. The third-order valence-corrected chi connectivity index (χ3v) is 32.5. The Morgan fingerprint density at radius 3 is 1.18 bits per heavy atom. The smallest absolute Gasteiger partial charge is 0.407 e. The second-order valence-corrected chi connectivity index (χ2v) is 40.6. The number of amides is 2. The average Bonchev–Trinajstić information content (AvgIpc) is 1.73. The average molecular weight is 1950 g/mol. The Labute approximate surface area is 828 Å². The normalized spacial score (nSPS) is 16.9. The van der Waals surface area contributed by atoms with Gasteiger partial charge < -0.3 is 64.5 Å². The number of carbonyl (C=O) groups is 5. The van der Waals surface area contributed by atoms with Crippen molar-refractivity contribution in [2.24, 2.45) is 0 Å². The van der Waals surface area contributed by atoms with Gasteiger partial charge in [-0.1, -0.05) is 132 Å². The van der Waals surface area contributed by atoms with E-state index >= 15 is 0 Å². The molecule has 21 nitrogen and oxygen atoms in total. The fourth-order valence-corrected chi connectivity index (χ4v) is 25.7. The largest absolute Gasteiger partial charge is 0.493 e. The number of β-amino-alcohol motifs (C(OH)–C–C–N with tert-alkyl or cyclic N) is 1. The molecule has 0 spiro atoms. The van der Waals surface area contributed by atoms with Gasteiger partial charge in [-0.2, -0.15) is 13.7 Å². The number of ketones is 3. The molecule has 4 N–H and O–H groups in total. The Morgan fingerprint density at radius 2 is 0.774 bits per heavy atom. The third kappa shape index (κ3) is 20.7. The topological polar surface area (TPSA) is 203 Å². The molecule has 8 aromatic carbocycles. The van der Waals surface area contributed by atoms with Gasteiger partial charge in [0.05, 0.1) is 40.7 Å². The first-order chi connectivity index (χ1) is 67.1. The minimum absolute atomic E-state index is 0.0152. The van der Waals surface area contributed by atoms with Crippen molar-refractivity contribution in [3.05, 3.63) is 293 Å². The van der Waals surface area contributed by atoms with Crippen LogP contribution >= 0.6 is 69.3 Å². The van der Waals surface area contributed by atoms with E-state index < -0.39 is 0 Å². The van der Waals surface area contributed by atoms with E-state index in [0.29, 0.717) is 51.1 Å². The maximum atomic E-state index is 14.0. The molecule has 3 aliphatic carbocycles. The van der Waals surface area contributed by atoms with E-state index in [-0.39, 0.29) is 49.5 Å². The molecule has 706 valence electrons. The van der Waals surface area contributed by atoms with Crippen LogP contribution in [-0.4, -0.2) is 143 Å². The molecule has 0 saturated carbocycles. The number of hydrogen-bond donors (Lipinski definition) is 4. The van der Waals surface area contributed by atoms with E-state index in [0.717, 1.165) is 215 Å². The van der Waals surface area contributed by atoms with Crippen molar-refractivity contribution in [2.75, 3.05) is 141 Å². The maximum absolute atomic E-state index is 14.0. The number of aryl methyl sites for hydroxylation is 2. The van der Waals surface area contributed by atoms with Crippen LogP contribution in [0.3, 0.4) is 0 Å². The first-order valence-electron chi connectivity index (χ1n) is 48.4. The van der Waals surface area contributed by atoms with Crippen molar-refractivity contribution in [3.8, 4) is 0 Å². The molecule has 5 aliphatic heterocycles. The number of Topliss-reactive ketones (excluding diaryl/α,β-unsaturated/α-hetero) is 3. The van der Waals surface area contributed by atoms with Crippen LogP contribution in [0.2, 0.25) is 0 Å². The van der Waals surface area contributed by atoms with Crippen LogP contribution in [0.1, 0.15) is 128 Å². The summed E-state index contributed by atoms with van der Waals surface area (Å²) in [6, 6.07) is 65.9. The van der Waals surface area contributed by atoms with Crippen molar-refractivity contribution in [1.82, 2.24) is 0 Å². The summed E-state index contributed by atoms with van der Waals surface area (Å²) >= 11 is 10.2. The molecule has 2 fully saturated rings. The number of aliphatic hydroxyl groups is 2. The number of aliphatic hydroxyl groups excluding tert-OH is 2. The highest BCUT2D eigenvalue weighted by Crippen LogP contribution is 2.51. The fraction of sp³-hybridized carbons (Fsp3) is 0.321. The summed E-state index contributed by atoms with van der Waals surface area (Å²) in [5.74, 6) is 5.71. The molecule has 0 radical (unpaired) electrons. The number of anilines is 9. The molecule has 2 saturated heterocycles. The number of carbonyl (C=O) groups excluding carboxylic acids is 5. The zero-order chi connectivity index (χ0) is 95.2. The number of unbranched alkanes of at least 4 members (excludes halogenated alkanes) is 2. The zero-order valence-corrected chi connectivity index (χ0v) is 84.2. The van der Waals surface area contributed by atoms with E-state index in [2.05, 4.69) is 266 Å². The third-order valence-electron chi connectivity index (χ3n) is 25.7. The number of allylic oxidation sites excluding steroid dienone is 9. The van der Waals surface area contributed by atoms with Crippen molar-refractivity contribution in [1.29, 1.82) is 0 Å². The van der Waals surface area contributed by atoms with Crippen molar-refractivity contribution >= 4 is 211 Å². The molecular formula is C109H120BN12O9S6+3. The van der Waals surface area contributed by atoms with E-state index in [1.807, 2.05) is 78.9 Å². The number of benzene rings is 8. The molecule has 8 aliphatic rings. The second kappa shape index (κ2) is 45.5. The summed E-state index contributed by atoms with van der Waals surface area (Å²) in [7, 11) is -0.329. The minimum atomic E-state index is -0.329. The molecule has 8 heterocycles. The summed E-state index contributed by atoms with van der Waals surface area (Å²) in [5.41, 5.74) is 18.6. The minimum Gasteiger partial charge on any atom is -0.407 e. The highest BCUT2D eigenvalue weighted by Gasteiger charge is 2.42. The van der Waals surface area contributed by atoms with Crippen LogP contribution in [0, 0.1) is 0 Å². The number of nitrogens with one attached hydrogen (secondary N) is 2. The molecule has 19 rings (SSSR count). The molecule has 11 aromatic rings. The van der Waals surface area contributed by atoms with Gasteiger partial charge in [-0.15, -0.1) is 35.3 Å². The van der Waals surface area contributed by atoms with Gasteiger partial charge in [0.2, 0.25) is 28.4 Å². The summed E-state index contributed by atoms with van der Waals surface area (Å²) in [6.07, 6.45) is 20.0. The molecule has 0 atom stereocenters. The Morgan fingerprint density at radius 1 is 0.409 bits per heavy atom. The number of para-hydroxylation sites is 9. The van der Waals surface area contributed by atoms with Gasteiger partial charge in [-0.3, -0.25) is 24.0 Å². The van der Waals surface area contributed by atoms with Gasteiger partial charge in [0.25, 0.3) is 15.0 Å². The molecule has 137 heavy (non-hydrogen) atoms. The van der Waals surface area contributed by atoms with Gasteiger partial charge >= 0.3 is 7.12 Å². The van der Waals surface area contributed by atoms with Gasteiger partial charge in [0.15, 0.2) is 23.9 Å². The van der Waals surface area contributed by atoms with E-state index in [9.17, 15) is 34.2 Å². The van der Waals surface area contributed by atoms with Gasteiger partial charge in [0.1, 0.15) is 51.3 Å². The highest BCUT2D eigenvalue weighted by molar-refractivity contribution is 8.04. The lowest BCUT2D eigenvalue weighted by Crippen LogP contribution is -2.40. The molecule has 0 bridgehead atoms. The highest BCUT2D eigenvalue weighted by atomic mass is 32.2. The predicted molar refractivity (Wildman–Crippen MR) is 572 cm³/mol. The van der Waals surface area contributed by atoms with Gasteiger partial charge in [0, 0.05) is 180 Å². The van der Waals surface area contributed by atoms with Crippen molar-refractivity contribution in [3.63, 3.8) is 0 Å². The number of rotatable bonds is 35. The maximum Gasteiger partial charge on any atom is 0.493 e. The number of aromatic nitrogens is 3. The Balaban J connectivity index is 0.000000145. The van der Waals surface area contributed by atoms with Crippen LogP contribution < -0.4 is 64.1 Å². The van der Waals surface area contributed by atoms with E-state index in [4.69, 9.17) is 9.31 Å². The first-order valence-corrected chi connectivity index (χ1v) is 53.8. The fourth-order valence-electron chi connectivity index (χ4n) is 19.1. The van der Waals surface area contributed by atoms with Crippen LogP contribution in [0.5, 0.6) is 0 Å². The summed E-state index contributed by atoms with van der Waals surface area (Å²) < 4.78 is 21.6. The number of thioether (sulfide) groups is 3. The summed E-state index contributed by atoms with van der Waals surface area (Å²) in [6.45, 7) is 27.4. The molecular weight excluding hydrogens is 1820 g/mol. The monoisotopic (exact) mass is 1940 g/mol. The van der Waals surface area contributed by atoms with E-state index in [1.54, 1.807) is 69.3 Å². The Hall–Kier alpha value is -11.4. The summed E-state index contributed by atoms with van der Waals surface area (Å²) in [5, 5.41) is 28.6. The lowest BCUT2D eigenvalue weighted by atomic mass is 9.78. The molecule has 3 aromatic heterocycles. The standard InChI is InChI=1S/C41H45BN4O4S2.C40H43N5O2S2.C28H30N3O3S2/c1-4-44-33-15-9-10-16-34(33)45(5-2)38(44)27-31-40(48)32(28-39-46(6-3)35-17-11-12-18-36(35)52-39)41(31)51-26-13-7-8-19-37(47)43-30-22-20-29(21-23-30)42-49-24-14-25-50-42;1-4-43-32-14-7-8-15-33(32)44(5-2)37(43)26-30-39(47)31(27-38-45(6-3)34-16-9-10-17-35(34)49-38)40(30)48-25-13-18-36(46)41-28-19-21-29(22-20-28)42-23-11-12-24-42;1-3-29-21-9-5-6-10-22(21)30(13-15-32)25(29)17-19-27(34)20(28(19)35-4-2)18-26-31(14-16-33)23-11-7-8-12-24(23)36-26/h9-12,15-18,20-23,27-28H,4-8,13-14,19,24-26H2,1-3H3;7-10,14-17,19-22,26-27H,4-6,11-13,18,23-25H2,1-3H3;5-12,17-18,32-33H,3-4,13-16H2,1-2H3/q;;+1/p+2. The molecule has 28 heteroatoms. The van der Waals surface area contributed by atoms with Crippen LogP contribution in [0.25, 0.3) is 48.9 Å². The summed E-state index contributed by atoms with van der Waals surface area (Å²) in [4.78, 5) is 86.1. The Bertz CT molecular complexity index is 6590. The first kappa shape index (κ1) is 97.2. The SMILES string of the molecule is CCN1C(=CC2=C(SCCCC(=O)Nc3ccc(N4CCCC4)cc3)/C(=C\c3sc4ccccc4[n+]3CC)C2=O)N(CC)c2ccccc21.CCN1C(=CC2=C(SCCCCCC(=O)Nc3ccc(B4OCCCO4)cc3)/C(=C\c3sc4ccccc4[n+]3CC)C2=O)N(CC)c2ccccc21.CCSC1=C(/C=C2/N(CC)c3ccccc3N2CCO)C(=O)/C1=C/c1sc2ccccc2[n+]1CCO. The molecule has 0 unspecified atom stereocenters. The predicted octanol–water partition coefficient (Wildman–Crippen LogP) is 20.4. The number of fused-ring (bicyclic) bond motifs is 6. The van der Waals surface area contributed by atoms with Crippen LogP contribution in [0.4, 0.5) is 51.2 Å². The van der Waals surface area contributed by atoms with Crippen molar-refractivity contribution in [2.45, 2.75) is 133 Å². The van der Waals surface area contributed by atoms with Crippen molar-refractivity contribution < 1.29 is 57.2 Å². The van der Waals surface area contributed by atoms with Crippen LogP contribution in [-0.2, 0) is 52.9 Å². The van der Waals surface area contributed by atoms with Crippen LogP contribution in [0.15, 0.2) is 278 Å². The zero-order valence-electron chi connectivity index (χ0n) is 79.3. The Kier molecular flexibility index (Phi) is 32.3. The molecule has 2 amide bonds. The second-order valence-electron chi connectivity index (χ2n) is 34.0. The van der Waals surface area contributed by atoms with Gasteiger partial charge in [-0.25, -0.2) is 0 Å².